The fourth-order valence-electron chi connectivity index (χ4n) is 1.70. The van der Waals surface area contributed by atoms with Gasteiger partial charge in [-0.3, -0.25) is 4.98 Å². The van der Waals surface area contributed by atoms with Crippen LogP contribution in [0.4, 0.5) is 0 Å². The summed E-state index contributed by atoms with van der Waals surface area (Å²) >= 11 is 0. The Morgan fingerprint density at radius 1 is 1.32 bits per heavy atom. The largest absolute Gasteiger partial charge is 0.477 e. The third-order valence-corrected chi connectivity index (χ3v) is 2.79. The van der Waals surface area contributed by atoms with Crippen LogP contribution in [0.5, 0.6) is 11.5 Å². The molecule has 4 heteroatoms. The lowest BCUT2D eigenvalue weighted by molar-refractivity contribution is 0.0693. The quantitative estimate of drug-likeness (QED) is 0.911. The number of benzene rings is 1. The molecule has 0 aliphatic carbocycles. The van der Waals surface area contributed by atoms with E-state index in [1.807, 2.05) is 24.3 Å². The maximum absolute atomic E-state index is 11.1. The number of carbonyl (C=O) groups is 1. The van der Waals surface area contributed by atoms with E-state index in [1.54, 1.807) is 13.0 Å². The van der Waals surface area contributed by atoms with E-state index in [0.717, 1.165) is 6.42 Å². The maximum atomic E-state index is 11.1. The van der Waals surface area contributed by atoms with Crippen LogP contribution in [-0.2, 0) is 6.42 Å². The van der Waals surface area contributed by atoms with Gasteiger partial charge in [-0.2, -0.15) is 0 Å². The van der Waals surface area contributed by atoms with Gasteiger partial charge in [0.15, 0.2) is 0 Å². The van der Waals surface area contributed by atoms with Gasteiger partial charge in [0.25, 0.3) is 0 Å². The molecule has 1 aromatic heterocycles. The lowest BCUT2D eigenvalue weighted by atomic mass is 10.2. The Morgan fingerprint density at radius 3 is 2.58 bits per heavy atom. The predicted octanol–water partition coefficient (Wildman–Crippen LogP) is 3.44. The number of pyridine rings is 1. The smallest absolute Gasteiger partial charge is 0.341 e. The summed E-state index contributed by atoms with van der Waals surface area (Å²) in [7, 11) is 0. The molecular weight excluding hydrogens is 242 g/mol. The molecule has 0 saturated carbocycles. The Labute approximate surface area is 111 Å². The Bertz CT molecular complexity index is 591. The summed E-state index contributed by atoms with van der Waals surface area (Å²) in [4.78, 5) is 15.1. The lowest BCUT2D eigenvalue weighted by Gasteiger charge is -2.09. The average molecular weight is 257 g/mol. The summed E-state index contributed by atoms with van der Waals surface area (Å²) in [5.41, 5.74) is 1.98. The zero-order chi connectivity index (χ0) is 13.8. The maximum Gasteiger partial charge on any atom is 0.341 e. The van der Waals surface area contributed by atoms with Crippen LogP contribution in [0.25, 0.3) is 0 Å². The highest BCUT2D eigenvalue weighted by atomic mass is 16.5. The molecule has 0 bridgehead atoms. The molecule has 4 nitrogen and oxygen atoms in total. The van der Waals surface area contributed by atoms with Crippen molar-refractivity contribution in [1.29, 1.82) is 0 Å². The van der Waals surface area contributed by atoms with Gasteiger partial charge in [-0.1, -0.05) is 19.1 Å². The highest BCUT2D eigenvalue weighted by molar-refractivity contribution is 5.90. The van der Waals surface area contributed by atoms with Crippen LogP contribution in [0.15, 0.2) is 36.5 Å². The van der Waals surface area contributed by atoms with Gasteiger partial charge in [-0.15, -0.1) is 0 Å². The summed E-state index contributed by atoms with van der Waals surface area (Å²) in [5.74, 6) is -0.123. The van der Waals surface area contributed by atoms with Crippen LogP contribution in [0.3, 0.4) is 0 Å². The predicted molar refractivity (Wildman–Crippen MR) is 71.8 cm³/mol. The van der Waals surface area contributed by atoms with Crippen molar-refractivity contribution >= 4 is 5.97 Å². The van der Waals surface area contributed by atoms with Gasteiger partial charge in [0, 0.05) is 18.0 Å². The summed E-state index contributed by atoms with van der Waals surface area (Å²) < 4.78 is 5.63. The first-order valence-electron chi connectivity index (χ1n) is 6.07. The molecule has 2 aromatic rings. The Hall–Kier alpha value is -2.36. The molecule has 0 radical (unpaired) electrons. The lowest BCUT2D eigenvalue weighted by Crippen LogP contribution is -2.01. The van der Waals surface area contributed by atoms with Crippen molar-refractivity contribution in [2.45, 2.75) is 20.3 Å². The normalized spacial score (nSPS) is 10.2. The van der Waals surface area contributed by atoms with Crippen molar-refractivity contribution in [2.24, 2.45) is 0 Å². The summed E-state index contributed by atoms with van der Waals surface area (Å²) in [5, 5.41) is 9.10. The third-order valence-electron chi connectivity index (χ3n) is 2.79. The topological polar surface area (TPSA) is 59.4 Å². The second-order valence-electron chi connectivity index (χ2n) is 4.23. The fraction of sp³-hybridized carbons (Fsp3) is 0.200. The zero-order valence-corrected chi connectivity index (χ0v) is 10.9. The molecule has 0 saturated heterocycles. The Balaban J connectivity index is 2.31. The van der Waals surface area contributed by atoms with Crippen LogP contribution >= 0.6 is 0 Å². The molecule has 0 aliphatic rings. The second kappa shape index (κ2) is 5.52. The van der Waals surface area contributed by atoms with E-state index in [-0.39, 0.29) is 5.56 Å². The molecule has 0 fully saturated rings. The van der Waals surface area contributed by atoms with Crippen LogP contribution in [0.1, 0.15) is 28.5 Å². The van der Waals surface area contributed by atoms with Gasteiger partial charge in [0.1, 0.15) is 17.1 Å². The second-order valence-corrected chi connectivity index (χ2v) is 4.23. The fourth-order valence-corrected chi connectivity index (χ4v) is 1.70. The van der Waals surface area contributed by atoms with Crippen LogP contribution in [0.2, 0.25) is 0 Å². The van der Waals surface area contributed by atoms with Gasteiger partial charge in [-0.05, 0) is 31.0 Å². The van der Waals surface area contributed by atoms with Gasteiger partial charge < -0.3 is 9.84 Å². The van der Waals surface area contributed by atoms with E-state index in [9.17, 15) is 4.79 Å². The minimum Gasteiger partial charge on any atom is -0.477 e. The van der Waals surface area contributed by atoms with E-state index in [0.29, 0.717) is 17.2 Å². The first kappa shape index (κ1) is 13.1. The molecule has 19 heavy (non-hydrogen) atoms. The van der Waals surface area contributed by atoms with E-state index in [2.05, 4.69) is 11.9 Å². The van der Waals surface area contributed by atoms with Gasteiger partial charge in [-0.25, -0.2) is 4.79 Å². The average Bonchev–Trinajstić information content (AvgIpc) is 2.39. The highest BCUT2D eigenvalue weighted by Gasteiger charge is 2.13. The molecule has 1 N–H and O–H groups in total. The number of ether oxygens (including phenoxy) is 1. The minimum absolute atomic E-state index is 0.0603. The molecule has 0 spiro atoms. The monoisotopic (exact) mass is 257 g/mol. The molecular formula is C15H15NO3. The molecule has 0 unspecified atom stereocenters. The van der Waals surface area contributed by atoms with Crippen molar-refractivity contribution in [3.63, 3.8) is 0 Å². The number of hydrogen-bond donors (Lipinski definition) is 1. The molecule has 98 valence electrons. The standard InChI is InChI=1S/C15H15NO3/c1-3-11-4-6-12(7-5-11)19-14-8-10(2)16-9-13(14)15(17)18/h4-9H,3H2,1-2H3,(H,17,18). The highest BCUT2D eigenvalue weighted by Crippen LogP contribution is 2.26. The van der Waals surface area contributed by atoms with Gasteiger partial charge >= 0.3 is 5.97 Å². The molecule has 0 atom stereocenters. The summed E-state index contributed by atoms with van der Waals surface area (Å²) in [6.07, 6.45) is 2.27. The van der Waals surface area contributed by atoms with E-state index < -0.39 is 5.97 Å². The number of nitrogens with zero attached hydrogens (tertiary/aromatic N) is 1. The van der Waals surface area contributed by atoms with Crippen LogP contribution in [0, 0.1) is 6.92 Å². The van der Waals surface area contributed by atoms with Gasteiger partial charge in [0.05, 0.1) is 0 Å². The number of rotatable bonds is 4. The van der Waals surface area contributed by atoms with E-state index in [4.69, 9.17) is 9.84 Å². The van der Waals surface area contributed by atoms with Crippen molar-refractivity contribution in [3.8, 4) is 11.5 Å². The number of aryl methyl sites for hydroxylation is 2. The molecule has 0 aliphatic heterocycles. The third kappa shape index (κ3) is 3.10. The van der Waals surface area contributed by atoms with Crippen LogP contribution < -0.4 is 4.74 Å². The first-order chi connectivity index (χ1) is 9.10. The minimum atomic E-state index is -1.05. The number of aromatic carboxylic acids is 1. The zero-order valence-electron chi connectivity index (χ0n) is 10.9. The van der Waals surface area contributed by atoms with Crippen molar-refractivity contribution < 1.29 is 14.6 Å². The Morgan fingerprint density at radius 2 is 2.00 bits per heavy atom. The molecule has 0 amide bonds. The number of carboxylic acids is 1. The molecule has 2 rings (SSSR count). The Kier molecular flexibility index (Phi) is 3.80. The summed E-state index contributed by atoms with van der Waals surface area (Å²) in [6.45, 7) is 3.86. The van der Waals surface area contributed by atoms with Crippen molar-refractivity contribution in [3.05, 3.63) is 53.3 Å². The van der Waals surface area contributed by atoms with E-state index >= 15 is 0 Å². The molecule has 1 aromatic carbocycles. The number of hydrogen-bond acceptors (Lipinski definition) is 3. The number of carboxylic acid groups (broad SMARTS) is 1. The molecule has 1 heterocycles. The number of aromatic nitrogens is 1. The van der Waals surface area contributed by atoms with Gasteiger partial charge in [0.2, 0.25) is 0 Å². The first-order valence-corrected chi connectivity index (χ1v) is 6.07. The van der Waals surface area contributed by atoms with Crippen LogP contribution in [-0.4, -0.2) is 16.1 Å². The summed E-state index contributed by atoms with van der Waals surface area (Å²) in [6, 6.07) is 9.21. The van der Waals surface area contributed by atoms with Crippen molar-refractivity contribution in [2.75, 3.05) is 0 Å². The van der Waals surface area contributed by atoms with E-state index in [1.165, 1.54) is 11.8 Å². The SMILES string of the molecule is CCc1ccc(Oc2cc(C)ncc2C(=O)O)cc1. The van der Waals surface area contributed by atoms with Crippen molar-refractivity contribution in [1.82, 2.24) is 4.98 Å².